The summed E-state index contributed by atoms with van der Waals surface area (Å²) in [6.07, 6.45) is 1.11. The van der Waals surface area contributed by atoms with Crippen LogP contribution in [0.2, 0.25) is 0 Å². The summed E-state index contributed by atoms with van der Waals surface area (Å²) in [6.45, 7) is 4.18. The first-order valence-corrected chi connectivity index (χ1v) is 6.18. The average Bonchev–Trinajstić information content (AvgIpc) is 2.41. The van der Waals surface area contributed by atoms with Gasteiger partial charge in [-0.3, -0.25) is 0 Å². The molecule has 0 heterocycles. The summed E-state index contributed by atoms with van der Waals surface area (Å²) in [6, 6.07) is 6.91. The summed E-state index contributed by atoms with van der Waals surface area (Å²) < 4.78 is 9.94. The highest BCUT2D eigenvalue weighted by Crippen LogP contribution is 2.16. The maximum atomic E-state index is 11.4. The molecule has 6 nitrogen and oxygen atoms in total. The average molecular weight is 279 g/mol. The molecule has 1 aromatic rings. The lowest BCUT2D eigenvalue weighted by atomic mass is 10.2. The maximum Gasteiger partial charge on any atom is 0.347 e. The van der Waals surface area contributed by atoms with E-state index in [1.165, 1.54) is 0 Å². The van der Waals surface area contributed by atoms with Gasteiger partial charge >= 0.3 is 11.9 Å². The van der Waals surface area contributed by atoms with Crippen LogP contribution in [0, 0.1) is 0 Å². The van der Waals surface area contributed by atoms with Gasteiger partial charge in [-0.15, -0.1) is 0 Å². The van der Waals surface area contributed by atoms with E-state index in [-0.39, 0.29) is 6.61 Å². The Kier molecular flexibility index (Phi) is 6.09. The fourth-order valence-corrected chi connectivity index (χ4v) is 1.39. The molecule has 1 rings (SSSR count). The van der Waals surface area contributed by atoms with Crippen LogP contribution < -0.4 is 10.1 Å². The lowest BCUT2D eigenvalue weighted by Gasteiger charge is -2.06. The van der Waals surface area contributed by atoms with E-state index in [0.29, 0.717) is 18.0 Å². The summed E-state index contributed by atoms with van der Waals surface area (Å²) in [5, 5.41) is 11.7. The van der Waals surface area contributed by atoms with Gasteiger partial charge in [-0.25, -0.2) is 9.59 Å². The maximum absolute atomic E-state index is 11.4. The SMILES string of the molecule is CCOC(=O)C(=CNc1ccc(OCC)cc1)C(=O)O. The number of carboxylic acids is 1. The van der Waals surface area contributed by atoms with E-state index in [4.69, 9.17) is 9.84 Å². The molecule has 0 saturated carbocycles. The Bertz CT molecular complexity index is 493. The molecule has 0 aromatic heterocycles. The summed E-state index contributed by atoms with van der Waals surface area (Å²) in [4.78, 5) is 22.4. The van der Waals surface area contributed by atoms with Crippen LogP contribution in [-0.2, 0) is 14.3 Å². The first-order valence-electron chi connectivity index (χ1n) is 6.18. The molecule has 2 N–H and O–H groups in total. The third-order valence-electron chi connectivity index (χ3n) is 2.27. The minimum atomic E-state index is -1.35. The van der Waals surface area contributed by atoms with Gasteiger partial charge in [-0.2, -0.15) is 0 Å². The Morgan fingerprint density at radius 1 is 1.20 bits per heavy atom. The second kappa shape index (κ2) is 7.83. The molecule has 0 radical (unpaired) electrons. The molecule has 0 saturated heterocycles. The van der Waals surface area contributed by atoms with Gasteiger partial charge in [0.15, 0.2) is 5.57 Å². The molecule has 0 atom stereocenters. The van der Waals surface area contributed by atoms with Crippen LogP contribution >= 0.6 is 0 Å². The quantitative estimate of drug-likeness (QED) is 0.344. The topological polar surface area (TPSA) is 84.9 Å². The van der Waals surface area contributed by atoms with Gasteiger partial charge in [0.05, 0.1) is 13.2 Å². The summed E-state index contributed by atoms with van der Waals surface area (Å²) in [7, 11) is 0. The van der Waals surface area contributed by atoms with Gasteiger partial charge in [0.25, 0.3) is 0 Å². The Balaban J connectivity index is 2.76. The van der Waals surface area contributed by atoms with Crippen molar-refractivity contribution in [2.45, 2.75) is 13.8 Å². The smallest absolute Gasteiger partial charge is 0.347 e. The zero-order valence-electron chi connectivity index (χ0n) is 11.4. The molecule has 20 heavy (non-hydrogen) atoms. The van der Waals surface area contributed by atoms with Gasteiger partial charge < -0.3 is 19.9 Å². The summed E-state index contributed by atoms with van der Waals surface area (Å²) in [5.41, 5.74) is 0.178. The molecule has 0 aliphatic heterocycles. The lowest BCUT2D eigenvalue weighted by molar-refractivity contribution is -0.143. The number of anilines is 1. The molecular weight excluding hydrogens is 262 g/mol. The molecule has 0 aliphatic carbocycles. The number of ether oxygens (including phenoxy) is 2. The molecule has 0 bridgehead atoms. The van der Waals surface area contributed by atoms with Crippen LogP contribution in [0.3, 0.4) is 0 Å². The van der Waals surface area contributed by atoms with E-state index in [2.05, 4.69) is 10.1 Å². The summed E-state index contributed by atoms with van der Waals surface area (Å²) in [5.74, 6) is -1.51. The van der Waals surface area contributed by atoms with Crippen molar-refractivity contribution in [3.63, 3.8) is 0 Å². The molecule has 1 aromatic carbocycles. The number of nitrogens with one attached hydrogen (secondary N) is 1. The van der Waals surface area contributed by atoms with E-state index in [1.54, 1.807) is 31.2 Å². The van der Waals surface area contributed by atoms with Crippen molar-refractivity contribution < 1.29 is 24.2 Å². The first kappa shape index (κ1) is 15.6. The highest BCUT2D eigenvalue weighted by Gasteiger charge is 2.18. The fraction of sp³-hybridized carbons (Fsp3) is 0.286. The second-order valence-electron chi connectivity index (χ2n) is 3.69. The van der Waals surface area contributed by atoms with Crippen molar-refractivity contribution in [3.8, 4) is 5.75 Å². The lowest BCUT2D eigenvalue weighted by Crippen LogP contribution is -2.16. The summed E-state index contributed by atoms with van der Waals surface area (Å²) >= 11 is 0. The largest absolute Gasteiger partial charge is 0.494 e. The molecule has 0 fully saturated rings. The van der Waals surface area contributed by atoms with Crippen LogP contribution in [-0.4, -0.2) is 30.3 Å². The number of benzene rings is 1. The number of carboxylic acid groups (broad SMARTS) is 1. The molecular formula is C14H17NO5. The van der Waals surface area contributed by atoms with Crippen LogP contribution in [0.1, 0.15) is 13.8 Å². The normalized spacial score (nSPS) is 10.8. The molecule has 108 valence electrons. The Morgan fingerprint density at radius 2 is 1.85 bits per heavy atom. The minimum absolute atomic E-state index is 0.118. The molecule has 0 aliphatic rings. The third kappa shape index (κ3) is 4.64. The first-order chi connectivity index (χ1) is 9.58. The molecule has 6 heteroatoms. The van der Waals surface area contributed by atoms with Crippen LogP contribution in [0.5, 0.6) is 5.75 Å². The molecule has 0 amide bonds. The number of aliphatic carboxylic acids is 1. The number of hydrogen-bond donors (Lipinski definition) is 2. The second-order valence-corrected chi connectivity index (χ2v) is 3.69. The van der Waals surface area contributed by atoms with Crippen LogP contribution in [0.25, 0.3) is 0 Å². The van der Waals surface area contributed by atoms with Crippen molar-refractivity contribution in [2.75, 3.05) is 18.5 Å². The van der Waals surface area contributed by atoms with Crippen molar-refractivity contribution in [3.05, 3.63) is 36.0 Å². The number of hydrogen-bond acceptors (Lipinski definition) is 5. The number of carbonyl (C=O) groups excluding carboxylic acids is 1. The third-order valence-corrected chi connectivity index (χ3v) is 2.27. The van der Waals surface area contributed by atoms with Crippen LogP contribution in [0.4, 0.5) is 5.69 Å². The van der Waals surface area contributed by atoms with E-state index in [9.17, 15) is 9.59 Å². The standard InChI is InChI=1S/C14H17NO5/c1-3-19-11-7-5-10(6-8-11)15-9-12(13(16)17)14(18)20-4-2/h5-9,15H,3-4H2,1-2H3,(H,16,17). The van der Waals surface area contributed by atoms with Gasteiger partial charge in [-0.05, 0) is 38.1 Å². The van der Waals surface area contributed by atoms with Crippen LogP contribution in [0.15, 0.2) is 36.0 Å². The molecule has 0 spiro atoms. The van der Waals surface area contributed by atoms with Crippen molar-refractivity contribution >= 4 is 17.6 Å². The van der Waals surface area contributed by atoms with Crippen molar-refractivity contribution in [1.82, 2.24) is 0 Å². The Morgan fingerprint density at radius 3 is 2.35 bits per heavy atom. The van der Waals surface area contributed by atoms with Crippen molar-refractivity contribution in [1.29, 1.82) is 0 Å². The van der Waals surface area contributed by atoms with E-state index >= 15 is 0 Å². The highest BCUT2D eigenvalue weighted by molar-refractivity contribution is 6.13. The van der Waals surface area contributed by atoms with E-state index in [0.717, 1.165) is 6.20 Å². The van der Waals surface area contributed by atoms with Gasteiger partial charge in [-0.1, -0.05) is 0 Å². The van der Waals surface area contributed by atoms with Gasteiger partial charge in [0.1, 0.15) is 5.75 Å². The van der Waals surface area contributed by atoms with Gasteiger partial charge in [0, 0.05) is 11.9 Å². The van der Waals surface area contributed by atoms with Gasteiger partial charge in [0.2, 0.25) is 0 Å². The molecule has 0 unspecified atom stereocenters. The Hall–Kier alpha value is -2.50. The predicted octanol–water partition coefficient (Wildman–Crippen LogP) is 2.03. The van der Waals surface area contributed by atoms with E-state index in [1.807, 2.05) is 6.92 Å². The zero-order valence-corrected chi connectivity index (χ0v) is 11.4. The monoisotopic (exact) mass is 279 g/mol. The predicted molar refractivity (Wildman–Crippen MR) is 73.6 cm³/mol. The number of carbonyl (C=O) groups is 2. The van der Waals surface area contributed by atoms with E-state index < -0.39 is 17.5 Å². The fourth-order valence-electron chi connectivity index (χ4n) is 1.39. The number of esters is 1. The van der Waals surface area contributed by atoms with Crippen molar-refractivity contribution in [2.24, 2.45) is 0 Å². The highest BCUT2D eigenvalue weighted by atomic mass is 16.5. The Labute approximate surface area is 117 Å². The number of rotatable bonds is 7. The minimum Gasteiger partial charge on any atom is -0.494 e. The zero-order chi connectivity index (χ0) is 15.0.